The first-order valence-electron chi connectivity index (χ1n) is 8.39. The SMILES string of the molecule is CCn1ncc2c(-c3cncc(Br)c3)c(C(=O)O)c(-c3ccccc3)nc21. The fourth-order valence-electron chi connectivity index (χ4n) is 3.18. The lowest BCUT2D eigenvalue weighted by atomic mass is 9.94. The maximum atomic E-state index is 12.3. The molecule has 0 amide bonds. The number of aromatic nitrogens is 4. The highest BCUT2D eigenvalue weighted by molar-refractivity contribution is 9.10. The average Bonchev–Trinajstić information content (AvgIpc) is 3.09. The molecule has 0 saturated carbocycles. The lowest BCUT2D eigenvalue weighted by Gasteiger charge is -2.14. The predicted octanol–water partition coefficient (Wildman–Crippen LogP) is 4.64. The summed E-state index contributed by atoms with van der Waals surface area (Å²) in [7, 11) is 0. The third kappa shape index (κ3) is 3.00. The van der Waals surface area contributed by atoms with E-state index in [-0.39, 0.29) is 5.56 Å². The minimum atomic E-state index is -1.04. The van der Waals surface area contributed by atoms with Gasteiger partial charge < -0.3 is 5.11 Å². The number of aromatic carboxylic acids is 1. The highest BCUT2D eigenvalue weighted by Gasteiger charge is 2.25. The Morgan fingerprint density at radius 1 is 1.15 bits per heavy atom. The molecule has 3 aromatic heterocycles. The van der Waals surface area contributed by atoms with E-state index in [2.05, 4.69) is 26.0 Å². The quantitative estimate of drug-likeness (QED) is 0.517. The first-order chi connectivity index (χ1) is 13.1. The van der Waals surface area contributed by atoms with Crippen LogP contribution >= 0.6 is 15.9 Å². The van der Waals surface area contributed by atoms with Gasteiger partial charge in [0.1, 0.15) is 0 Å². The van der Waals surface area contributed by atoms with Gasteiger partial charge in [-0.05, 0) is 28.9 Å². The number of hydrogen-bond acceptors (Lipinski definition) is 4. The van der Waals surface area contributed by atoms with Gasteiger partial charge in [-0.15, -0.1) is 0 Å². The van der Waals surface area contributed by atoms with E-state index in [0.717, 1.165) is 10.0 Å². The van der Waals surface area contributed by atoms with E-state index in [1.165, 1.54) is 0 Å². The zero-order valence-electron chi connectivity index (χ0n) is 14.4. The van der Waals surface area contributed by atoms with Gasteiger partial charge in [0.05, 0.1) is 17.5 Å². The summed E-state index contributed by atoms with van der Waals surface area (Å²) in [6, 6.07) is 11.2. The summed E-state index contributed by atoms with van der Waals surface area (Å²) in [6.45, 7) is 2.61. The summed E-state index contributed by atoms with van der Waals surface area (Å²) in [4.78, 5) is 21.2. The molecule has 0 aliphatic carbocycles. The maximum Gasteiger partial charge on any atom is 0.338 e. The van der Waals surface area contributed by atoms with Gasteiger partial charge in [0.2, 0.25) is 0 Å². The summed E-state index contributed by atoms with van der Waals surface area (Å²) in [5.41, 5.74) is 3.22. The van der Waals surface area contributed by atoms with Crippen LogP contribution in [0, 0.1) is 0 Å². The van der Waals surface area contributed by atoms with Crippen LogP contribution in [0.3, 0.4) is 0 Å². The highest BCUT2D eigenvalue weighted by atomic mass is 79.9. The van der Waals surface area contributed by atoms with Crippen LogP contribution in [-0.4, -0.2) is 30.8 Å². The molecule has 0 saturated heterocycles. The van der Waals surface area contributed by atoms with Crippen LogP contribution in [0.1, 0.15) is 17.3 Å². The Kier molecular flexibility index (Phi) is 4.45. The molecule has 0 radical (unpaired) electrons. The molecule has 0 spiro atoms. The molecule has 0 aliphatic heterocycles. The topological polar surface area (TPSA) is 80.9 Å². The van der Waals surface area contributed by atoms with Crippen LogP contribution in [0.15, 0.2) is 59.5 Å². The second-order valence-corrected chi connectivity index (χ2v) is 6.89. The number of rotatable bonds is 4. The zero-order valence-corrected chi connectivity index (χ0v) is 16.0. The van der Waals surface area contributed by atoms with E-state index >= 15 is 0 Å². The number of carbonyl (C=O) groups is 1. The molecule has 134 valence electrons. The highest BCUT2D eigenvalue weighted by Crippen LogP contribution is 2.37. The van der Waals surface area contributed by atoms with Crippen molar-refractivity contribution in [3.8, 4) is 22.4 Å². The summed E-state index contributed by atoms with van der Waals surface area (Å²) >= 11 is 3.42. The Bertz CT molecular complexity index is 1160. The van der Waals surface area contributed by atoms with Gasteiger partial charge in [-0.2, -0.15) is 5.10 Å². The lowest BCUT2D eigenvalue weighted by molar-refractivity contribution is 0.0698. The number of aryl methyl sites for hydroxylation is 1. The monoisotopic (exact) mass is 422 g/mol. The minimum absolute atomic E-state index is 0.143. The zero-order chi connectivity index (χ0) is 19.0. The first-order valence-corrected chi connectivity index (χ1v) is 9.18. The number of hydrogen-bond donors (Lipinski definition) is 1. The van der Waals surface area contributed by atoms with Crippen LogP contribution < -0.4 is 0 Å². The first kappa shape index (κ1) is 17.4. The van der Waals surface area contributed by atoms with Crippen LogP contribution in [-0.2, 0) is 6.54 Å². The van der Waals surface area contributed by atoms with Gasteiger partial charge in [-0.25, -0.2) is 14.5 Å². The molecule has 3 heterocycles. The molecular formula is C20H15BrN4O2. The van der Waals surface area contributed by atoms with Crippen LogP contribution in [0.4, 0.5) is 0 Å². The van der Waals surface area contributed by atoms with E-state index in [1.54, 1.807) is 23.3 Å². The number of nitrogens with zero attached hydrogens (tertiary/aromatic N) is 4. The fraction of sp³-hybridized carbons (Fsp3) is 0.100. The Balaban J connectivity index is 2.18. The second-order valence-electron chi connectivity index (χ2n) is 5.97. The fourth-order valence-corrected chi connectivity index (χ4v) is 3.55. The maximum absolute atomic E-state index is 12.3. The molecule has 27 heavy (non-hydrogen) atoms. The van der Waals surface area contributed by atoms with Crippen molar-refractivity contribution < 1.29 is 9.90 Å². The van der Waals surface area contributed by atoms with Gasteiger partial charge in [0, 0.05) is 45.5 Å². The van der Waals surface area contributed by atoms with Crippen molar-refractivity contribution in [2.24, 2.45) is 0 Å². The Morgan fingerprint density at radius 2 is 1.93 bits per heavy atom. The molecule has 4 rings (SSSR count). The van der Waals surface area contributed by atoms with Crippen molar-refractivity contribution in [1.82, 2.24) is 19.7 Å². The van der Waals surface area contributed by atoms with Gasteiger partial charge in [-0.1, -0.05) is 30.3 Å². The number of pyridine rings is 2. The number of fused-ring (bicyclic) bond motifs is 1. The van der Waals surface area contributed by atoms with Crippen molar-refractivity contribution in [1.29, 1.82) is 0 Å². The molecule has 0 bridgehead atoms. The van der Waals surface area contributed by atoms with Crippen molar-refractivity contribution >= 4 is 32.9 Å². The van der Waals surface area contributed by atoms with E-state index in [0.29, 0.717) is 34.4 Å². The molecule has 0 unspecified atom stereocenters. The summed E-state index contributed by atoms with van der Waals surface area (Å²) < 4.78 is 2.54. The molecule has 7 heteroatoms. The van der Waals surface area contributed by atoms with Gasteiger partial charge in [0.15, 0.2) is 5.65 Å². The molecule has 1 N–H and O–H groups in total. The van der Waals surface area contributed by atoms with E-state index < -0.39 is 5.97 Å². The van der Waals surface area contributed by atoms with Crippen molar-refractivity contribution in [2.45, 2.75) is 13.5 Å². The molecule has 0 aliphatic rings. The molecule has 1 aromatic carbocycles. The number of carboxylic acid groups (broad SMARTS) is 1. The largest absolute Gasteiger partial charge is 0.478 e. The summed E-state index contributed by atoms with van der Waals surface area (Å²) in [6.07, 6.45) is 4.99. The molecule has 0 fully saturated rings. The van der Waals surface area contributed by atoms with E-state index in [1.807, 2.05) is 43.3 Å². The lowest BCUT2D eigenvalue weighted by Crippen LogP contribution is -2.07. The second kappa shape index (κ2) is 6.92. The summed E-state index contributed by atoms with van der Waals surface area (Å²) in [5, 5.41) is 15.1. The Morgan fingerprint density at radius 3 is 2.59 bits per heavy atom. The third-order valence-corrected chi connectivity index (χ3v) is 4.77. The normalized spacial score (nSPS) is 11.0. The molecule has 4 aromatic rings. The molecule has 0 atom stereocenters. The number of benzene rings is 1. The van der Waals surface area contributed by atoms with Gasteiger partial charge in [-0.3, -0.25) is 4.98 Å². The van der Waals surface area contributed by atoms with E-state index in [9.17, 15) is 9.90 Å². The van der Waals surface area contributed by atoms with Gasteiger partial charge in [0.25, 0.3) is 0 Å². The predicted molar refractivity (Wildman–Crippen MR) is 107 cm³/mol. The number of carboxylic acids is 1. The average molecular weight is 423 g/mol. The number of halogens is 1. The Hall–Kier alpha value is -3.06. The van der Waals surface area contributed by atoms with Crippen LogP contribution in [0.25, 0.3) is 33.4 Å². The third-order valence-electron chi connectivity index (χ3n) is 4.34. The molecule has 6 nitrogen and oxygen atoms in total. The van der Waals surface area contributed by atoms with Crippen molar-refractivity contribution in [2.75, 3.05) is 0 Å². The summed E-state index contributed by atoms with van der Waals surface area (Å²) in [5.74, 6) is -1.04. The van der Waals surface area contributed by atoms with Crippen LogP contribution in [0.5, 0.6) is 0 Å². The van der Waals surface area contributed by atoms with Gasteiger partial charge >= 0.3 is 5.97 Å². The van der Waals surface area contributed by atoms with Crippen molar-refractivity contribution in [3.63, 3.8) is 0 Å². The standard InChI is InChI=1S/C20H15BrN4O2/c1-2-25-19-15(11-23-25)16(13-8-14(21)10-22-9-13)17(20(26)27)18(24-19)12-6-4-3-5-7-12/h3-11H,2H2,1H3,(H,26,27). The van der Waals surface area contributed by atoms with Crippen LogP contribution in [0.2, 0.25) is 0 Å². The molecular weight excluding hydrogens is 408 g/mol. The van der Waals surface area contributed by atoms with E-state index in [4.69, 9.17) is 4.98 Å². The smallest absolute Gasteiger partial charge is 0.338 e. The Labute approximate surface area is 163 Å². The van der Waals surface area contributed by atoms with Crippen molar-refractivity contribution in [3.05, 3.63) is 65.0 Å². The minimum Gasteiger partial charge on any atom is -0.478 e.